The highest BCUT2D eigenvalue weighted by atomic mass is 32.2. The predicted molar refractivity (Wildman–Crippen MR) is 82.2 cm³/mol. The highest BCUT2D eigenvalue weighted by Gasteiger charge is 2.29. The van der Waals surface area contributed by atoms with E-state index in [4.69, 9.17) is 10.5 Å². The third-order valence-corrected chi connectivity index (χ3v) is 7.17. The van der Waals surface area contributed by atoms with Crippen LogP contribution in [0, 0.1) is 0 Å². The summed E-state index contributed by atoms with van der Waals surface area (Å²) in [6.07, 6.45) is 0. The normalized spacial score (nSPS) is 14.0. The van der Waals surface area contributed by atoms with Crippen molar-refractivity contribution in [2.75, 3.05) is 24.3 Å². The van der Waals surface area contributed by atoms with Crippen LogP contribution in [0.4, 0.5) is 5.69 Å². The number of methoxy groups -OCH3 is 1. The third kappa shape index (κ3) is 3.96. The molecule has 0 fully saturated rings. The molecule has 2 N–H and O–H groups in total. The average molecular weight is 319 g/mol. The van der Waals surface area contributed by atoms with Crippen molar-refractivity contribution in [2.45, 2.75) is 30.4 Å². The second-order valence-corrected chi connectivity index (χ2v) is 9.79. The van der Waals surface area contributed by atoms with Crippen LogP contribution < -0.4 is 10.5 Å². The van der Waals surface area contributed by atoms with Crippen LogP contribution in [-0.2, 0) is 20.6 Å². The number of nitrogens with two attached hydrogens (primary N) is 1. The van der Waals surface area contributed by atoms with E-state index in [0.717, 1.165) is 0 Å². The first-order chi connectivity index (χ1) is 9.08. The number of rotatable bonds is 5. The Bertz CT molecular complexity index is 603. The molecule has 0 bridgehead atoms. The molecule has 1 atom stereocenters. The molecule has 0 radical (unpaired) electrons. The summed E-state index contributed by atoms with van der Waals surface area (Å²) in [5, 5.41) is 0. The summed E-state index contributed by atoms with van der Waals surface area (Å²) in [4.78, 5) is 0.464. The minimum Gasteiger partial charge on any atom is -0.495 e. The zero-order chi connectivity index (χ0) is 15.6. The fourth-order valence-corrected chi connectivity index (χ4v) is 4.38. The molecule has 1 rings (SSSR count). The van der Waals surface area contributed by atoms with Crippen molar-refractivity contribution in [1.29, 1.82) is 0 Å². The van der Waals surface area contributed by atoms with Gasteiger partial charge < -0.3 is 10.5 Å². The van der Waals surface area contributed by atoms with Crippen LogP contribution in [0.3, 0.4) is 0 Å². The lowest BCUT2D eigenvalue weighted by molar-refractivity contribution is 0.404. The highest BCUT2D eigenvalue weighted by molar-refractivity contribution is 7.94. The van der Waals surface area contributed by atoms with Crippen LogP contribution in [0.1, 0.15) is 20.8 Å². The van der Waals surface area contributed by atoms with Gasteiger partial charge in [-0.2, -0.15) is 0 Å². The fraction of sp³-hybridized carbons (Fsp3) is 0.538. The van der Waals surface area contributed by atoms with E-state index in [9.17, 15) is 12.6 Å². The third-order valence-electron chi connectivity index (χ3n) is 2.90. The number of ether oxygens (including phenoxy) is 1. The molecule has 0 amide bonds. The van der Waals surface area contributed by atoms with Gasteiger partial charge in [0.1, 0.15) is 5.75 Å². The number of benzene rings is 1. The van der Waals surface area contributed by atoms with Crippen molar-refractivity contribution in [3.8, 4) is 5.75 Å². The van der Waals surface area contributed by atoms with E-state index in [0.29, 0.717) is 16.3 Å². The van der Waals surface area contributed by atoms with Crippen molar-refractivity contribution < 1.29 is 17.4 Å². The lowest BCUT2D eigenvalue weighted by Gasteiger charge is -2.19. The molecule has 1 aromatic rings. The molecule has 0 spiro atoms. The van der Waals surface area contributed by atoms with Gasteiger partial charge in [0.25, 0.3) is 0 Å². The minimum atomic E-state index is -3.29. The smallest absolute Gasteiger partial charge is 0.156 e. The first-order valence-corrected chi connectivity index (χ1v) is 9.10. The maximum atomic E-state index is 12.2. The van der Waals surface area contributed by atoms with Gasteiger partial charge in [0.05, 0.1) is 33.3 Å². The van der Waals surface area contributed by atoms with E-state index in [1.54, 1.807) is 39.0 Å². The summed E-state index contributed by atoms with van der Waals surface area (Å²) >= 11 is 0. The summed E-state index contributed by atoms with van der Waals surface area (Å²) in [6.45, 7) is 4.90. The Morgan fingerprint density at radius 3 is 2.40 bits per heavy atom. The molecule has 1 aromatic carbocycles. The van der Waals surface area contributed by atoms with Gasteiger partial charge in [0.2, 0.25) is 0 Å². The van der Waals surface area contributed by atoms with Crippen LogP contribution in [-0.4, -0.2) is 36.0 Å². The monoisotopic (exact) mass is 319 g/mol. The van der Waals surface area contributed by atoms with E-state index < -0.39 is 25.4 Å². The minimum absolute atomic E-state index is 0.0415. The van der Waals surface area contributed by atoms with Crippen LogP contribution in [0.2, 0.25) is 0 Å². The Balaban J connectivity index is 2.89. The van der Waals surface area contributed by atoms with E-state index in [1.807, 2.05) is 0 Å². The van der Waals surface area contributed by atoms with Gasteiger partial charge in [-0.25, -0.2) is 8.42 Å². The molecule has 0 aromatic heterocycles. The molecule has 0 saturated carbocycles. The summed E-state index contributed by atoms with van der Waals surface area (Å²) in [6, 6.07) is 4.80. The predicted octanol–water partition coefficient (Wildman–Crippen LogP) is 1.60. The summed E-state index contributed by atoms with van der Waals surface area (Å²) in [5.41, 5.74) is 6.13. The molecule has 0 heterocycles. The zero-order valence-electron chi connectivity index (χ0n) is 12.2. The van der Waals surface area contributed by atoms with Crippen LogP contribution in [0.15, 0.2) is 23.1 Å². The topological polar surface area (TPSA) is 86.5 Å². The fourth-order valence-electron chi connectivity index (χ4n) is 1.47. The van der Waals surface area contributed by atoms with Gasteiger partial charge >= 0.3 is 0 Å². The number of hydrogen-bond acceptors (Lipinski definition) is 5. The SMILES string of the molecule is COc1cc(N)ccc1S(=O)CCS(=O)(=O)C(C)(C)C. The number of hydrogen-bond donors (Lipinski definition) is 1. The van der Waals surface area contributed by atoms with Crippen LogP contribution in [0.5, 0.6) is 5.75 Å². The number of sulfone groups is 1. The molecule has 114 valence electrons. The van der Waals surface area contributed by atoms with Gasteiger partial charge in [-0.15, -0.1) is 0 Å². The van der Waals surface area contributed by atoms with E-state index in [1.165, 1.54) is 7.11 Å². The lowest BCUT2D eigenvalue weighted by atomic mass is 10.3. The van der Waals surface area contributed by atoms with E-state index >= 15 is 0 Å². The molecular weight excluding hydrogens is 298 g/mol. The molecule has 1 unspecified atom stereocenters. The molecule has 0 saturated heterocycles. The van der Waals surface area contributed by atoms with Crippen molar-refractivity contribution in [3.63, 3.8) is 0 Å². The summed E-state index contributed by atoms with van der Waals surface area (Å²) in [7, 11) is -3.27. The second kappa shape index (κ2) is 6.13. The van der Waals surface area contributed by atoms with Gasteiger partial charge in [-0.3, -0.25) is 4.21 Å². The lowest BCUT2D eigenvalue weighted by Crippen LogP contribution is -2.32. The van der Waals surface area contributed by atoms with Crippen molar-refractivity contribution >= 4 is 26.3 Å². The molecule has 0 aliphatic rings. The maximum Gasteiger partial charge on any atom is 0.156 e. The molecule has 0 aliphatic heterocycles. The van der Waals surface area contributed by atoms with Gasteiger partial charge in [-0.05, 0) is 32.9 Å². The Kier molecular flexibility index (Phi) is 5.21. The number of nitrogen functional groups attached to an aromatic ring is 1. The molecule has 20 heavy (non-hydrogen) atoms. The van der Waals surface area contributed by atoms with E-state index in [-0.39, 0.29) is 11.5 Å². The second-order valence-electron chi connectivity index (χ2n) is 5.39. The first kappa shape index (κ1) is 17.0. The molecule has 0 aliphatic carbocycles. The Morgan fingerprint density at radius 2 is 1.90 bits per heavy atom. The first-order valence-electron chi connectivity index (χ1n) is 6.12. The molecule has 5 nitrogen and oxygen atoms in total. The Morgan fingerprint density at radius 1 is 1.30 bits per heavy atom. The Labute approximate surface area is 122 Å². The van der Waals surface area contributed by atoms with Crippen LogP contribution >= 0.6 is 0 Å². The standard InChI is InChI=1S/C13H21NO4S2/c1-13(2,3)20(16,17)8-7-19(15)12-6-5-10(14)9-11(12)18-4/h5-6,9H,7-8,14H2,1-4H3. The quantitative estimate of drug-likeness (QED) is 0.833. The highest BCUT2D eigenvalue weighted by Crippen LogP contribution is 2.25. The molecular formula is C13H21NO4S2. The summed E-state index contributed by atoms with van der Waals surface area (Å²) < 4.78 is 40.5. The van der Waals surface area contributed by atoms with Crippen molar-refractivity contribution in [2.24, 2.45) is 0 Å². The van der Waals surface area contributed by atoms with Crippen LogP contribution in [0.25, 0.3) is 0 Å². The van der Waals surface area contributed by atoms with Crippen molar-refractivity contribution in [3.05, 3.63) is 18.2 Å². The van der Waals surface area contributed by atoms with Gasteiger partial charge in [-0.1, -0.05) is 0 Å². The van der Waals surface area contributed by atoms with Crippen molar-refractivity contribution in [1.82, 2.24) is 0 Å². The van der Waals surface area contributed by atoms with Gasteiger partial charge in [0, 0.05) is 17.5 Å². The van der Waals surface area contributed by atoms with E-state index in [2.05, 4.69) is 0 Å². The maximum absolute atomic E-state index is 12.2. The number of anilines is 1. The summed E-state index contributed by atoms with van der Waals surface area (Å²) in [5.74, 6) is 0.327. The van der Waals surface area contributed by atoms with Gasteiger partial charge in [0.15, 0.2) is 9.84 Å². The largest absolute Gasteiger partial charge is 0.495 e. The molecule has 7 heteroatoms. The Hall–Kier alpha value is -1.08. The zero-order valence-corrected chi connectivity index (χ0v) is 13.8. The average Bonchev–Trinajstić information content (AvgIpc) is 2.34.